The van der Waals surface area contributed by atoms with Crippen LogP contribution in [0.4, 0.5) is 13.2 Å². The predicted molar refractivity (Wildman–Crippen MR) is 144 cm³/mol. The maximum absolute atomic E-state index is 14.5. The molecule has 0 spiro atoms. The number of carboxylic acid groups (broad SMARTS) is 1. The molecular weight excluding hydrogens is 570 g/mol. The SMILES string of the molecule is CC1(C)CCC(N(CC(=O)c2c(Cl)cccc2Cl)C(=O)c2cnn([C@H]3CC[C@H](C(=O)O)CC3)c2C(F)(F)F)CC1. The van der Waals surface area contributed by atoms with E-state index in [1.165, 1.54) is 17.0 Å². The van der Waals surface area contributed by atoms with Crippen LogP contribution in [0.25, 0.3) is 0 Å². The van der Waals surface area contributed by atoms with E-state index in [0.29, 0.717) is 12.8 Å². The smallest absolute Gasteiger partial charge is 0.433 e. The molecule has 1 aromatic heterocycles. The highest BCUT2D eigenvalue weighted by Crippen LogP contribution is 2.41. The maximum atomic E-state index is 14.5. The summed E-state index contributed by atoms with van der Waals surface area (Å²) in [5, 5.41) is 13.4. The van der Waals surface area contributed by atoms with Gasteiger partial charge in [0.1, 0.15) is 0 Å². The van der Waals surface area contributed by atoms with Crippen LogP contribution in [-0.2, 0) is 11.0 Å². The lowest BCUT2D eigenvalue weighted by atomic mass is 9.75. The van der Waals surface area contributed by atoms with Crippen LogP contribution in [0, 0.1) is 11.3 Å². The summed E-state index contributed by atoms with van der Waals surface area (Å²) < 4.78 is 44.2. The molecule has 4 rings (SSSR count). The average Bonchev–Trinajstić information content (AvgIpc) is 3.33. The molecule has 0 unspecified atom stereocenters. The zero-order valence-corrected chi connectivity index (χ0v) is 23.8. The highest BCUT2D eigenvalue weighted by Gasteiger charge is 2.44. The predicted octanol–water partition coefficient (Wildman–Crippen LogP) is 7.32. The number of hydrogen-bond donors (Lipinski definition) is 1. The lowest BCUT2D eigenvalue weighted by Crippen LogP contribution is -2.46. The second kappa shape index (κ2) is 11.7. The number of aliphatic carboxylic acids is 1. The molecule has 0 radical (unpaired) electrons. The van der Waals surface area contributed by atoms with Crippen LogP contribution in [0.15, 0.2) is 24.4 Å². The number of Topliss-reactive ketones (excluding diaryl/α,β-unsaturated/α-hetero) is 1. The number of nitrogens with zero attached hydrogens (tertiary/aromatic N) is 3. The molecule has 2 aliphatic rings. The number of alkyl halides is 3. The molecule has 2 fully saturated rings. The fraction of sp³-hybridized carbons (Fsp3) is 0.571. The van der Waals surface area contributed by atoms with Crippen molar-refractivity contribution in [3.63, 3.8) is 0 Å². The molecule has 40 heavy (non-hydrogen) atoms. The Balaban J connectivity index is 1.69. The van der Waals surface area contributed by atoms with Crippen molar-refractivity contribution >= 4 is 40.9 Å². The molecule has 1 aromatic carbocycles. The Morgan fingerprint density at radius 3 is 2.15 bits per heavy atom. The van der Waals surface area contributed by atoms with Crippen molar-refractivity contribution < 1.29 is 32.7 Å². The van der Waals surface area contributed by atoms with E-state index < -0.39 is 59.6 Å². The number of ketones is 1. The summed E-state index contributed by atoms with van der Waals surface area (Å²) in [6.45, 7) is 3.70. The molecule has 2 aromatic rings. The molecule has 0 aliphatic heterocycles. The molecule has 1 N–H and O–H groups in total. The summed E-state index contributed by atoms with van der Waals surface area (Å²) in [5.41, 5.74) is -1.78. The second-order valence-electron chi connectivity index (χ2n) is 11.5. The van der Waals surface area contributed by atoms with E-state index in [0.717, 1.165) is 23.7 Å². The molecular formula is C28H32Cl2F3N3O4. The highest BCUT2D eigenvalue weighted by atomic mass is 35.5. The van der Waals surface area contributed by atoms with Crippen molar-refractivity contribution in [1.29, 1.82) is 0 Å². The molecule has 1 heterocycles. The number of carbonyl (C=O) groups excluding carboxylic acids is 2. The van der Waals surface area contributed by atoms with Gasteiger partial charge in [-0.3, -0.25) is 19.1 Å². The van der Waals surface area contributed by atoms with Crippen LogP contribution in [-0.4, -0.2) is 50.0 Å². The van der Waals surface area contributed by atoms with Gasteiger partial charge in [-0.1, -0.05) is 43.1 Å². The summed E-state index contributed by atoms with van der Waals surface area (Å²) in [6, 6.07) is 3.39. The normalized spacial score (nSPS) is 21.7. The topological polar surface area (TPSA) is 92.5 Å². The van der Waals surface area contributed by atoms with Gasteiger partial charge in [-0.05, 0) is 68.9 Å². The standard InChI is InChI=1S/C28H32Cl2F3N3O4/c1-27(2)12-10-17(11-13-27)35(15-22(37)23-20(29)4-3-5-21(23)30)25(38)19-14-34-36(24(19)28(31,32)33)18-8-6-16(7-9-18)26(39)40/h3-5,14,16-18H,6-13,15H2,1-2H3,(H,39,40)/t16-,18-. The molecule has 1 amide bonds. The first-order valence-corrected chi connectivity index (χ1v) is 14.1. The van der Waals surface area contributed by atoms with Gasteiger partial charge in [-0.15, -0.1) is 0 Å². The third-order valence-electron chi connectivity index (χ3n) is 8.25. The van der Waals surface area contributed by atoms with Gasteiger partial charge in [0.2, 0.25) is 0 Å². The summed E-state index contributed by atoms with van der Waals surface area (Å²) in [7, 11) is 0. The molecule has 0 bridgehead atoms. The van der Waals surface area contributed by atoms with E-state index >= 15 is 0 Å². The van der Waals surface area contributed by atoms with E-state index in [-0.39, 0.29) is 46.7 Å². The Hall–Kier alpha value is -2.59. The van der Waals surface area contributed by atoms with Crippen LogP contribution in [0.3, 0.4) is 0 Å². The van der Waals surface area contributed by atoms with E-state index in [9.17, 15) is 32.7 Å². The van der Waals surface area contributed by atoms with Crippen molar-refractivity contribution in [2.45, 2.75) is 83.5 Å². The molecule has 7 nitrogen and oxygen atoms in total. The van der Waals surface area contributed by atoms with Gasteiger partial charge in [0.25, 0.3) is 5.91 Å². The quantitative estimate of drug-likeness (QED) is 0.336. The van der Waals surface area contributed by atoms with Crippen molar-refractivity contribution in [3.8, 4) is 0 Å². The summed E-state index contributed by atoms with van der Waals surface area (Å²) in [6.07, 6.45) is -0.631. The minimum Gasteiger partial charge on any atom is -0.481 e. The Morgan fingerprint density at radius 2 is 1.62 bits per heavy atom. The number of hydrogen-bond acceptors (Lipinski definition) is 4. The van der Waals surface area contributed by atoms with Crippen molar-refractivity contribution in [3.05, 3.63) is 51.3 Å². The number of benzene rings is 1. The number of aromatic nitrogens is 2. The molecule has 0 saturated heterocycles. The Kier molecular flexibility index (Phi) is 8.90. The summed E-state index contributed by atoms with van der Waals surface area (Å²) >= 11 is 12.4. The first kappa shape index (κ1) is 30.4. The van der Waals surface area contributed by atoms with E-state index in [1.54, 1.807) is 6.07 Å². The number of rotatable bonds is 7. The first-order valence-electron chi connectivity index (χ1n) is 13.4. The Bertz CT molecular complexity index is 1260. The van der Waals surface area contributed by atoms with E-state index in [2.05, 4.69) is 18.9 Å². The second-order valence-corrected chi connectivity index (χ2v) is 12.4. The van der Waals surface area contributed by atoms with Crippen LogP contribution < -0.4 is 0 Å². The van der Waals surface area contributed by atoms with Crippen LogP contribution in [0.5, 0.6) is 0 Å². The average molecular weight is 602 g/mol. The summed E-state index contributed by atoms with van der Waals surface area (Å²) in [4.78, 5) is 39.8. The minimum absolute atomic E-state index is 0.0120. The maximum Gasteiger partial charge on any atom is 0.433 e. The largest absolute Gasteiger partial charge is 0.481 e. The third kappa shape index (κ3) is 6.48. The first-order chi connectivity index (χ1) is 18.7. The van der Waals surface area contributed by atoms with Gasteiger partial charge in [0.05, 0.1) is 45.9 Å². The molecule has 218 valence electrons. The van der Waals surface area contributed by atoms with Crippen LogP contribution in [0.1, 0.15) is 97.7 Å². The lowest BCUT2D eigenvalue weighted by Gasteiger charge is -2.40. The van der Waals surface area contributed by atoms with E-state index in [4.69, 9.17) is 23.2 Å². The number of halogens is 5. The molecule has 0 atom stereocenters. The highest BCUT2D eigenvalue weighted by molar-refractivity contribution is 6.40. The molecule has 2 saturated carbocycles. The van der Waals surface area contributed by atoms with Crippen LogP contribution >= 0.6 is 23.2 Å². The van der Waals surface area contributed by atoms with Crippen molar-refractivity contribution in [2.75, 3.05) is 6.54 Å². The number of amides is 1. The van der Waals surface area contributed by atoms with Gasteiger partial charge in [-0.25, -0.2) is 0 Å². The third-order valence-corrected chi connectivity index (χ3v) is 8.88. The monoisotopic (exact) mass is 601 g/mol. The molecule has 12 heteroatoms. The lowest BCUT2D eigenvalue weighted by molar-refractivity contribution is -0.147. The fourth-order valence-corrected chi connectivity index (χ4v) is 6.47. The Labute approximate surface area is 240 Å². The van der Waals surface area contributed by atoms with Crippen LogP contribution in [0.2, 0.25) is 10.0 Å². The summed E-state index contributed by atoms with van der Waals surface area (Å²) in [5.74, 6) is -3.09. The zero-order valence-electron chi connectivity index (χ0n) is 22.3. The van der Waals surface area contributed by atoms with Gasteiger partial charge < -0.3 is 10.0 Å². The van der Waals surface area contributed by atoms with Gasteiger partial charge >= 0.3 is 12.1 Å². The number of carboxylic acids is 1. The van der Waals surface area contributed by atoms with E-state index in [1.807, 2.05) is 0 Å². The number of carbonyl (C=O) groups is 3. The van der Waals surface area contributed by atoms with Crippen molar-refractivity contribution in [2.24, 2.45) is 11.3 Å². The van der Waals surface area contributed by atoms with Gasteiger partial charge in [0, 0.05) is 6.04 Å². The fourth-order valence-electron chi connectivity index (χ4n) is 5.86. The minimum atomic E-state index is -4.90. The zero-order chi connectivity index (χ0) is 29.4. The Morgan fingerprint density at radius 1 is 1.05 bits per heavy atom. The van der Waals surface area contributed by atoms with Gasteiger partial charge in [0.15, 0.2) is 11.5 Å². The van der Waals surface area contributed by atoms with Crippen molar-refractivity contribution in [1.82, 2.24) is 14.7 Å². The van der Waals surface area contributed by atoms with Gasteiger partial charge in [-0.2, -0.15) is 18.3 Å². The molecule has 2 aliphatic carbocycles.